The van der Waals surface area contributed by atoms with Crippen LogP contribution in [0.25, 0.3) is 10.6 Å². The molecule has 0 aliphatic carbocycles. The average Bonchev–Trinajstić information content (AvgIpc) is 3.10. The summed E-state index contributed by atoms with van der Waals surface area (Å²) in [5.41, 5.74) is 1.78. The van der Waals surface area contributed by atoms with E-state index in [-0.39, 0.29) is 5.75 Å². The molecule has 1 N–H and O–H groups in total. The predicted octanol–water partition coefficient (Wildman–Crippen LogP) is 4.50. The number of nitrogens with zero attached hydrogens (tertiary/aromatic N) is 2. The molecule has 0 spiro atoms. The SMILES string of the molecule is Cc1nc(-c2ccc(CN=Cc3ccccc3O)s2)cs1. The molecule has 0 atom stereocenters. The predicted molar refractivity (Wildman–Crippen MR) is 89.6 cm³/mol. The molecule has 3 nitrogen and oxygen atoms in total. The quantitative estimate of drug-likeness (QED) is 0.720. The third-order valence-electron chi connectivity index (χ3n) is 2.95. The van der Waals surface area contributed by atoms with Gasteiger partial charge in [0, 0.05) is 22.0 Å². The maximum absolute atomic E-state index is 9.67. The third kappa shape index (κ3) is 3.37. The van der Waals surface area contributed by atoms with Crippen molar-refractivity contribution in [3.05, 3.63) is 57.2 Å². The lowest BCUT2D eigenvalue weighted by atomic mass is 10.2. The van der Waals surface area contributed by atoms with E-state index in [1.165, 1.54) is 9.75 Å². The molecule has 0 amide bonds. The second-order valence-electron chi connectivity index (χ2n) is 4.55. The van der Waals surface area contributed by atoms with Crippen molar-refractivity contribution in [3.8, 4) is 16.3 Å². The fourth-order valence-electron chi connectivity index (χ4n) is 1.91. The van der Waals surface area contributed by atoms with Crippen molar-refractivity contribution < 1.29 is 5.11 Å². The lowest BCUT2D eigenvalue weighted by molar-refractivity contribution is 0.474. The van der Waals surface area contributed by atoms with Crippen LogP contribution in [0.5, 0.6) is 5.75 Å². The number of rotatable bonds is 4. The molecule has 3 rings (SSSR count). The van der Waals surface area contributed by atoms with Crippen LogP contribution in [0, 0.1) is 6.92 Å². The summed E-state index contributed by atoms with van der Waals surface area (Å²) < 4.78 is 0. The number of hydrogen-bond donors (Lipinski definition) is 1. The molecular weight excluding hydrogens is 300 g/mol. The number of aliphatic imine (C=N–C) groups is 1. The Bertz CT molecular complexity index is 774. The molecule has 2 aromatic heterocycles. The van der Waals surface area contributed by atoms with E-state index in [9.17, 15) is 5.11 Å². The Balaban J connectivity index is 1.69. The second kappa shape index (κ2) is 6.20. The van der Waals surface area contributed by atoms with Crippen LogP contribution in [-0.2, 0) is 6.54 Å². The lowest BCUT2D eigenvalue weighted by Crippen LogP contribution is -1.82. The van der Waals surface area contributed by atoms with Crippen molar-refractivity contribution >= 4 is 28.9 Å². The summed E-state index contributed by atoms with van der Waals surface area (Å²) in [7, 11) is 0. The summed E-state index contributed by atoms with van der Waals surface area (Å²) in [6.07, 6.45) is 1.71. The van der Waals surface area contributed by atoms with Crippen molar-refractivity contribution in [2.75, 3.05) is 0 Å². The van der Waals surface area contributed by atoms with Gasteiger partial charge in [-0.3, -0.25) is 4.99 Å². The van der Waals surface area contributed by atoms with Gasteiger partial charge in [0.15, 0.2) is 0 Å². The zero-order valence-electron chi connectivity index (χ0n) is 11.5. The Morgan fingerprint density at radius 1 is 1.24 bits per heavy atom. The van der Waals surface area contributed by atoms with E-state index in [4.69, 9.17) is 0 Å². The number of phenols is 1. The van der Waals surface area contributed by atoms with E-state index < -0.39 is 0 Å². The van der Waals surface area contributed by atoms with E-state index in [1.54, 1.807) is 41.0 Å². The average molecular weight is 314 g/mol. The molecule has 2 heterocycles. The summed E-state index contributed by atoms with van der Waals surface area (Å²) in [5.74, 6) is 0.256. The fourth-order valence-corrected chi connectivity index (χ4v) is 3.50. The molecule has 0 unspecified atom stereocenters. The van der Waals surface area contributed by atoms with Gasteiger partial charge >= 0.3 is 0 Å². The van der Waals surface area contributed by atoms with Crippen LogP contribution in [0.1, 0.15) is 15.4 Å². The molecule has 0 radical (unpaired) electrons. The minimum Gasteiger partial charge on any atom is -0.507 e. The van der Waals surface area contributed by atoms with Gasteiger partial charge in [-0.15, -0.1) is 22.7 Å². The molecule has 1 aromatic carbocycles. The Kier molecular flexibility index (Phi) is 4.13. The summed E-state index contributed by atoms with van der Waals surface area (Å²) in [6, 6.07) is 11.4. The number of thiophene rings is 1. The van der Waals surface area contributed by atoms with Gasteiger partial charge < -0.3 is 5.11 Å². The van der Waals surface area contributed by atoms with Crippen molar-refractivity contribution in [2.45, 2.75) is 13.5 Å². The van der Waals surface area contributed by atoms with Gasteiger partial charge in [-0.1, -0.05) is 12.1 Å². The summed E-state index contributed by atoms with van der Waals surface area (Å²) in [4.78, 5) is 11.2. The zero-order valence-corrected chi connectivity index (χ0v) is 13.1. The number of aryl methyl sites for hydroxylation is 1. The molecular formula is C16H14N2OS2. The molecule has 5 heteroatoms. The Morgan fingerprint density at radius 2 is 2.10 bits per heavy atom. The van der Waals surface area contributed by atoms with Gasteiger partial charge in [-0.2, -0.15) is 0 Å². The van der Waals surface area contributed by atoms with Crippen LogP contribution in [0.4, 0.5) is 0 Å². The first kappa shape index (κ1) is 14.0. The molecule has 3 aromatic rings. The first-order valence-corrected chi connectivity index (χ1v) is 8.21. The van der Waals surface area contributed by atoms with Crippen LogP contribution in [0.2, 0.25) is 0 Å². The highest BCUT2D eigenvalue weighted by Gasteiger charge is 2.05. The number of aromatic hydroxyl groups is 1. The minimum absolute atomic E-state index is 0.256. The second-order valence-corrected chi connectivity index (χ2v) is 6.78. The van der Waals surface area contributed by atoms with E-state index >= 15 is 0 Å². The highest BCUT2D eigenvalue weighted by molar-refractivity contribution is 7.16. The maximum atomic E-state index is 9.67. The standard InChI is InChI=1S/C16H14N2OS2/c1-11-18-14(10-20-11)16-7-6-13(21-16)9-17-8-12-4-2-3-5-15(12)19/h2-8,10,19H,9H2,1H3. The molecule has 0 saturated heterocycles. The fraction of sp³-hybridized carbons (Fsp3) is 0.125. The first-order valence-electron chi connectivity index (χ1n) is 6.51. The number of hydrogen-bond acceptors (Lipinski definition) is 5. The molecule has 0 aliphatic heterocycles. The molecule has 0 aliphatic rings. The van der Waals surface area contributed by atoms with Gasteiger partial charge in [0.25, 0.3) is 0 Å². The Morgan fingerprint density at radius 3 is 2.86 bits per heavy atom. The number of phenolic OH excluding ortho intramolecular Hbond substituents is 1. The minimum atomic E-state index is 0.256. The molecule has 0 saturated carbocycles. The van der Waals surface area contributed by atoms with Gasteiger partial charge in [0.1, 0.15) is 5.75 Å². The molecule has 0 fully saturated rings. The van der Waals surface area contributed by atoms with Gasteiger partial charge in [0.2, 0.25) is 0 Å². The number of aromatic nitrogens is 1. The molecule has 0 bridgehead atoms. The largest absolute Gasteiger partial charge is 0.507 e. The van der Waals surface area contributed by atoms with Crippen molar-refractivity contribution in [1.82, 2.24) is 4.98 Å². The topological polar surface area (TPSA) is 45.5 Å². The van der Waals surface area contributed by atoms with Crippen LogP contribution >= 0.6 is 22.7 Å². The molecule has 21 heavy (non-hydrogen) atoms. The van der Waals surface area contributed by atoms with Crippen molar-refractivity contribution in [1.29, 1.82) is 0 Å². The maximum Gasteiger partial charge on any atom is 0.124 e. The normalized spacial score (nSPS) is 11.3. The number of benzene rings is 1. The Labute approximate surface area is 131 Å². The number of thiazole rings is 1. The monoisotopic (exact) mass is 314 g/mol. The van der Waals surface area contributed by atoms with E-state index in [1.807, 2.05) is 19.1 Å². The zero-order chi connectivity index (χ0) is 14.7. The third-order valence-corrected chi connectivity index (χ3v) is 4.81. The van der Waals surface area contributed by atoms with Crippen LogP contribution in [0.15, 0.2) is 46.8 Å². The van der Waals surface area contributed by atoms with Gasteiger partial charge in [-0.25, -0.2) is 4.98 Å². The highest BCUT2D eigenvalue weighted by atomic mass is 32.1. The summed E-state index contributed by atoms with van der Waals surface area (Å²) in [6.45, 7) is 2.63. The first-order chi connectivity index (χ1) is 10.2. The van der Waals surface area contributed by atoms with Crippen LogP contribution in [-0.4, -0.2) is 16.3 Å². The van der Waals surface area contributed by atoms with Crippen LogP contribution in [0.3, 0.4) is 0 Å². The van der Waals surface area contributed by atoms with Gasteiger partial charge in [-0.05, 0) is 31.2 Å². The highest BCUT2D eigenvalue weighted by Crippen LogP contribution is 2.29. The van der Waals surface area contributed by atoms with E-state index in [0.717, 1.165) is 16.3 Å². The van der Waals surface area contributed by atoms with Crippen molar-refractivity contribution in [3.63, 3.8) is 0 Å². The summed E-state index contributed by atoms with van der Waals surface area (Å²) in [5, 5.41) is 12.8. The summed E-state index contributed by atoms with van der Waals surface area (Å²) >= 11 is 3.37. The molecule has 106 valence electrons. The number of para-hydroxylation sites is 1. The Hall–Kier alpha value is -1.98. The van der Waals surface area contributed by atoms with Gasteiger partial charge in [0.05, 0.1) is 22.1 Å². The smallest absolute Gasteiger partial charge is 0.124 e. The lowest BCUT2D eigenvalue weighted by Gasteiger charge is -1.96. The van der Waals surface area contributed by atoms with Crippen molar-refractivity contribution in [2.24, 2.45) is 4.99 Å². The van der Waals surface area contributed by atoms with E-state index in [2.05, 4.69) is 27.5 Å². The van der Waals surface area contributed by atoms with Crippen LogP contribution < -0.4 is 0 Å². The van der Waals surface area contributed by atoms with E-state index in [0.29, 0.717) is 6.54 Å².